The first-order valence-corrected chi connectivity index (χ1v) is 10.2. The summed E-state index contributed by atoms with van der Waals surface area (Å²) in [5.74, 6) is 1.01. The molecule has 2 aliphatic carbocycles. The molecule has 2 aromatic rings. The molecule has 26 heavy (non-hydrogen) atoms. The molecule has 4 nitrogen and oxygen atoms in total. The molecule has 138 valence electrons. The smallest absolute Gasteiger partial charge is 0.0945 e. The molecule has 1 saturated heterocycles. The largest absolute Gasteiger partial charge is 0.337 e. The molecule has 0 bridgehead atoms. The maximum Gasteiger partial charge on any atom is 0.0945 e. The third-order valence-corrected chi connectivity index (χ3v) is 6.97. The average molecular weight is 351 g/mol. The third-order valence-electron chi connectivity index (χ3n) is 6.97. The molecule has 2 heterocycles. The Kier molecular flexibility index (Phi) is 4.13. The maximum atomic E-state index is 4.25. The zero-order chi connectivity index (χ0) is 17.6. The van der Waals surface area contributed by atoms with Gasteiger partial charge in [0.15, 0.2) is 0 Å². The van der Waals surface area contributed by atoms with E-state index in [1.165, 1.54) is 63.0 Å². The van der Waals surface area contributed by atoms with Crippen molar-refractivity contribution >= 4 is 0 Å². The predicted molar refractivity (Wildman–Crippen MR) is 104 cm³/mol. The third kappa shape index (κ3) is 2.99. The van der Waals surface area contributed by atoms with Crippen LogP contribution < -0.4 is 5.32 Å². The molecule has 0 radical (unpaired) electrons. The van der Waals surface area contributed by atoms with Crippen molar-refractivity contribution in [3.05, 3.63) is 53.6 Å². The highest BCUT2D eigenvalue weighted by Crippen LogP contribution is 2.51. The minimum atomic E-state index is 0.390. The van der Waals surface area contributed by atoms with Crippen LogP contribution in [0.1, 0.15) is 55.0 Å². The number of aryl methyl sites for hydroxylation is 1. The lowest BCUT2D eigenvalue weighted by Crippen LogP contribution is -2.42. The van der Waals surface area contributed by atoms with E-state index in [9.17, 15) is 0 Å². The predicted octanol–water partition coefficient (Wildman–Crippen LogP) is 3.40. The molecule has 2 fully saturated rings. The minimum Gasteiger partial charge on any atom is -0.337 e. The number of piperidine rings is 1. The number of hydrogen-bond acceptors (Lipinski definition) is 3. The fourth-order valence-corrected chi connectivity index (χ4v) is 5.16. The van der Waals surface area contributed by atoms with Gasteiger partial charge < -0.3 is 14.8 Å². The van der Waals surface area contributed by atoms with Gasteiger partial charge in [-0.1, -0.05) is 24.3 Å². The van der Waals surface area contributed by atoms with E-state index in [2.05, 4.69) is 51.1 Å². The molecule has 1 spiro atoms. The van der Waals surface area contributed by atoms with E-state index in [1.54, 1.807) is 5.56 Å². The van der Waals surface area contributed by atoms with Crippen LogP contribution in [0.25, 0.3) is 0 Å². The fourth-order valence-electron chi connectivity index (χ4n) is 5.16. The van der Waals surface area contributed by atoms with Crippen molar-refractivity contribution in [3.63, 3.8) is 0 Å². The van der Waals surface area contributed by atoms with Crippen LogP contribution in [-0.2, 0) is 19.0 Å². The van der Waals surface area contributed by atoms with E-state index in [-0.39, 0.29) is 0 Å². The highest BCUT2D eigenvalue weighted by Gasteiger charge is 2.45. The van der Waals surface area contributed by atoms with E-state index < -0.39 is 0 Å². The first-order chi connectivity index (χ1) is 12.7. The minimum absolute atomic E-state index is 0.390. The number of benzene rings is 1. The SMILES string of the molecule is Cn1cncc1CNC1CC2(CCN(CC3CC3)CC2)c2ccccc21. The first kappa shape index (κ1) is 16.5. The Balaban J connectivity index is 1.31. The van der Waals surface area contributed by atoms with Crippen LogP contribution in [-0.4, -0.2) is 34.1 Å². The molecule has 1 unspecified atom stereocenters. The Hall–Kier alpha value is -1.65. The van der Waals surface area contributed by atoms with Crippen LogP contribution in [0.4, 0.5) is 0 Å². The molecule has 1 saturated carbocycles. The van der Waals surface area contributed by atoms with Crippen molar-refractivity contribution in [2.75, 3.05) is 19.6 Å². The van der Waals surface area contributed by atoms with Gasteiger partial charge >= 0.3 is 0 Å². The van der Waals surface area contributed by atoms with Gasteiger partial charge in [-0.05, 0) is 67.7 Å². The summed E-state index contributed by atoms with van der Waals surface area (Å²) in [5.41, 5.74) is 4.79. The van der Waals surface area contributed by atoms with Crippen molar-refractivity contribution in [2.45, 2.75) is 50.1 Å². The van der Waals surface area contributed by atoms with Gasteiger partial charge in [-0.15, -0.1) is 0 Å². The molecule has 4 heteroatoms. The molecule has 5 rings (SSSR count). The van der Waals surface area contributed by atoms with Crippen LogP contribution in [0.5, 0.6) is 0 Å². The highest BCUT2D eigenvalue weighted by molar-refractivity contribution is 5.42. The van der Waals surface area contributed by atoms with Crippen molar-refractivity contribution in [1.29, 1.82) is 0 Å². The lowest BCUT2D eigenvalue weighted by Gasteiger charge is -2.40. The quantitative estimate of drug-likeness (QED) is 0.897. The fraction of sp³-hybridized carbons (Fsp3) is 0.591. The Bertz CT molecular complexity index is 768. The van der Waals surface area contributed by atoms with Gasteiger partial charge in [-0.2, -0.15) is 0 Å². The van der Waals surface area contributed by atoms with E-state index in [0.29, 0.717) is 11.5 Å². The summed E-state index contributed by atoms with van der Waals surface area (Å²) < 4.78 is 2.11. The number of fused-ring (bicyclic) bond motifs is 2. The summed E-state index contributed by atoms with van der Waals surface area (Å²) in [4.78, 5) is 6.97. The molecular formula is C22H30N4. The lowest BCUT2D eigenvalue weighted by molar-refractivity contribution is 0.147. The second-order valence-corrected chi connectivity index (χ2v) is 8.75. The van der Waals surface area contributed by atoms with Crippen molar-refractivity contribution < 1.29 is 0 Å². The van der Waals surface area contributed by atoms with Gasteiger partial charge in [0.1, 0.15) is 0 Å². The summed E-state index contributed by atoms with van der Waals surface area (Å²) in [7, 11) is 2.07. The van der Waals surface area contributed by atoms with Gasteiger partial charge in [0, 0.05) is 32.4 Å². The van der Waals surface area contributed by atoms with Crippen LogP contribution >= 0.6 is 0 Å². The summed E-state index contributed by atoms with van der Waals surface area (Å²) in [6.07, 6.45) is 10.7. The zero-order valence-corrected chi connectivity index (χ0v) is 15.8. The van der Waals surface area contributed by atoms with Gasteiger partial charge in [0.25, 0.3) is 0 Å². The molecule has 3 aliphatic rings. The van der Waals surface area contributed by atoms with Crippen LogP contribution in [0.3, 0.4) is 0 Å². The average Bonchev–Trinajstić information content (AvgIpc) is 3.31. The van der Waals surface area contributed by atoms with E-state index in [0.717, 1.165) is 12.5 Å². The molecule has 1 N–H and O–H groups in total. The van der Waals surface area contributed by atoms with Gasteiger partial charge in [0.2, 0.25) is 0 Å². The van der Waals surface area contributed by atoms with Crippen molar-refractivity contribution in [3.8, 4) is 0 Å². The topological polar surface area (TPSA) is 33.1 Å². The van der Waals surface area contributed by atoms with E-state index in [4.69, 9.17) is 0 Å². The van der Waals surface area contributed by atoms with Crippen molar-refractivity contribution in [2.24, 2.45) is 13.0 Å². The van der Waals surface area contributed by atoms with Crippen LogP contribution in [0.15, 0.2) is 36.8 Å². The number of aromatic nitrogens is 2. The lowest BCUT2D eigenvalue weighted by atomic mass is 9.73. The highest BCUT2D eigenvalue weighted by atomic mass is 15.1. The number of nitrogens with one attached hydrogen (secondary N) is 1. The Morgan fingerprint density at radius 3 is 2.73 bits per heavy atom. The summed E-state index contributed by atoms with van der Waals surface area (Å²) in [6, 6.07) is 9.66. The van der Waals surface area contributed by atoms with E-state index in [1.807, 2.05) is 12.5 Å². The van der Waals surface area contributed by atoms with Crippen LogP contribution in [0.2, 0.25) is 0 Å². The zero-order valence-electron chi connectivity index (χ0n) is 15.8. The standard InChI is InChI=1S/C22H30N4/c1-25-16-23-13-18(25)14-24-21-12-22(20-5-3-2-4-19(20)21)8-10-26(11-9-22)15-17-6-7-17/h2-5,13,16-17,21,24H,6-12,14-15H2,1H3. The molecule has 1 aromatic carbocycles. The summed E-state index contributed by atoms with van der Waals surface area (Å²) in [6.45, 7) is 4.79. The molecular weight excluding hydrogens is 320 g/mol. The van der Waals surface area contributed by atoms with Gasteiger partial charge in [0.05, 0.1) is 12.0 Å². The Morgan fingerprint density at radius 2 is 2.00 bits per heavy atom. The molecule has 1 aliphatic heterocycles. The monoisotopic (exact) mass is 350 g/mol. The molecule has 0 amide bonds. The van der Waals surface area contributed by atoms with Gasteiger partial charge in [-0.3, -0.25) is 0 Å². The number of nitrogens with zero attached hydrogens (tertiary/aromatic N) is 3. The second kappa shape index (κ2) is 6.50. The summed E-state index contributed by atoms with van der Waals surface area (Å²) in [5, 5.41) is 3.83. The normalized spacial score (nSPS) is 24.9. The Labute approximate surface area is 156 Å². The number of hydrogen-bond donors (Lipinski definition) is 1. The summed E-state index contributed by atoms with van der Waals surface area (Å²) >= 11 is 0. The molecule has 1 aromatic heterocycles. The van der Waals surface area contributed by atoms with Crippen LogP contribution in [0, 0.1) is 5.92 Å². The number of rotatable bonds is 5. The number of imidazole rings is 1. The first-order valence-electron chi connectivity index (χ1n) is 10.2. The maximum absolute atomic E-state index is 4.25. The van der Waals surface area contributed by atoms with E-state index >= 15 is 0 Å². The Morgan fingerprint density at radius 1 is 1.19 bits per heavy atom. The number of likely N-dealkylation sites (tertiary alicyclic amines) is 1. The molecule has 1 atom stereocenters. The van der Waals surface area contributed by atoms with Gasteiger partial charge in [-0.25, -0.2) is 4.98 Å². The van der Waals surface area contributed by atoms with Crippen molar-refractivity contribution in [1.82, 2.24) is 19.8 Å². The second-order valence-electron chi connectivity index (χ2n) is 8.75.